The lowest BCUT2D eigenvalue weighted by Gasteiger charge is -0.947. The maximum atomic E-state index is 8.29. The minimum atomic E-state index is -0.750. The van der Waals surface area contributed by atoms with Crippen molar-refractivity contribution in [1.82, 2.24) is 6.15 Å². The van der Waals surface area contributed by atoms with Crippen LogP contribution in [0.15, 0.2) is 0 Å². The van der Waals surface area contributed by atoms with E-state index in [9.17, 15) is 0 Å². The second-order valence-electron chi connectivity index (χ2n) is 0.219. The third kappa shape index (κ3) is 383. The molecular weight excluding hydrogens is 202 g/mol. The predicted octanol–water partition coefficient (Wildman–Crippen LogP) is -2.59. The predicted molar refractivity (Wildman–Crippen MR) is 31.5 cm³/mol. The number of rotatable bonds is 0. The van der Waals surface area contributed by atoms with Crippen molar-refractivity contribution in [2.75, 3.05) is 0 Å². The van der Waals surface area contributed by atoms with Crippen LogP contribution >= 0.6 is 0 Å². The van der Waals surface area contributed by atoms with E-state index in [0.29, 0.717) is 0 Å². The Bertz CT molecular complexity index is 108. The molecule has 0 fully saturated rings. The van der Waals surface area contributed by atoms with Gasteiger partial charge in [0.25, 0.3) is 0 Å². The summed E-state index contributed by atoms with van der Waals surface area (Å²) in [5.74, 6) is 0. The van der Waals surface area contributed by atoms with Gasteiger partial charge >= 0.3 is 29.3 Å². The summed E-state index contributed by atoms with van der Waals surface area (Å²) in [6, 6.07) is 0. The SMILES string of the molecule is N.O.O=C=O.O=S=O.O=S=O. The van der Waals surface area contributed by atoms with Crippen molar-refractivity contribution >= 4 is 29.3 Å². The average molecular weight is 207 g/mol. The molecule has 0 aromatic heterocycles. The van der Waals surface area contributed by atoms with Gasteiger partial charge in [0, 0.05) is 0 Å². The molecule has 5 N–H and O–H groups in total. The van der Waals surface area contributed by atoms with E-state index in [1.54, 1.807) is 0 Å². The molecule has 0 saturated heterocycles. The summed E-state index contributed by atoms with van der Waals surface area (Å²) in [6.07, 6.45) is 0.250. The number of hydrogen-bond acceptors (Lipinski definition) is 7. The Labute approximate surface area is 68.1 Å². The molecule has 0 amide bonds. The highest BCUT2D eigenvalue weighted by Crippen LogP contribution is 0.849. The molecule has 11 heavy (non-hydrogen) atoms. The highest BCUT2D eigenvalue weighted by Gasteiger charge is 1.13. The highest BCUT2D eigenvalue weighted by molar-refractivity contribution is 7.51. The average Bonchev–Trinajstić information content (AvgIpc) is 1.70. The van der Waals surface area contributed by atoms with Crippen LogP contribution in [-0.4, -0.2) is 28.5 Å². The Morgan fingerprint density at radius 3 is 0.818 bits per heavy atom. The zero-order chi connectivity index (χ0) is 8.12. The third-order valence-corrected chi connectivity index (χ3v) is 0. The second kappa shape index (κ2) is 150. The molecule has 0 aliphatic heterocycles. The van der Waals surface area contributed by atoms with Gasteiger partial charge < -0.3 is 11.6 Å². The summed E-state index contributed by atoms with van der Waals surface area (Å²) in [6.45, 7) is 0. The summed E-state index contributed by atoms with van der Waals surface area (Å²) in [4.78, 5) is 16.2. The molecular formula is CH5NO7S2. The van der Waals surface area contributed by atoms with Crippen LogP contribution in [0.4, 0.5) is 0 Å². The largest absolute Gasteiger partial charge is 0.412 e. The van der Waals surface area contributed by atoms with E-state index in [-0.39, 0.29) is 17.8 Å². The maximum Gasteiger partial charge on any atom is 0.373 e. The third-order valence-electron chi connectivity index (χ3n) is 0. The fourth-order valence-electron chi connectivity index (χ4n) is 0. The van der Waals surface area contributed by atoms with Crippen LogP contribution in [0.5, 0.6) is 0 Å². The van der Waals surface area contributed by atoms with E-state index in [1.165, 1.54) is 0 Å². The lowest BCUT2D eigenvalue weighted by Crippen LogP contribution is -1.22. The first-order chi connectivity index (χ1) is 4.24. The molecule has 0 saturated carbocycles. The van der Waals surface area contributed by atoms with Gasteiger partial charge in [0.05, 0.1) is 0 Å². The molecule has 0 unspecified atom stereocenters. The van der Waals surface area contributed by atoms with Gasteiger partial charge in [-0.3, -0.25) is 0 Å². The smallest absolute Gasteiger partial charge is 0.373 e. The lowest BCUT2D eigenvalue weighted by atomic mass is 11.8. The maximum absolute atomic E-state index is 8.29. The molecule has 0 heterocycles. The standard InChI is InChI=1S/CO2.H3N.2O2S.H2O/c2-1-3;;2*1-3-2;/h;1H3;;;1H2. The quantitative estimate of drug-likeness (QED) is 0.454. The van der Waals surface area contributed by atoms with Gasteiger partial charge in [-0.25, -0.2) is 0 Å². The Morgan fingerprint density at radius 1 is 0.818 bits per heavy atom. The van der Waals surface area contributed by atoms with E-state index in [1.807, 2.05) is 0 Å². The van der Waals surface area contributed by atoms with Gasteiger partial charge in [0.1, 0.15) is 0 Å². The van der Waals surface area contributed by atoms with Crippen molar-refractivity contribution in [3.8, 4) is 0 Å². The minimum Gasteiger partial charge on any atom is -0.412 e. The molecule has 0 atom stereocenters. The first kappa shape index (κ1) is 32.6. The molecule has 0 aliphatic rings. The molecule has 10 heteroatoms. The molecule has 0 spiro atoms. The van der Waals surface area contributed by atoms with Crippen LogP contribution in [-0.2, 0) is 32.7 Å². The van der Waals surface area contributed by atoms with Crippen molar-refractivity contribution in [2.24, 2.45) is 0 Å². The summed E-state index contributed by atoms with van der Waals surface area (Å²) >= 11 is -1.50. The fourth-order valence-corrected chi connectivity index (χ4v) is 0. The monoisotopic (exact) mass is 207 g/mol. The molecule has 0 aromatic carbocycles. The van der Waals surface area contributed by atoms with E-state index in [4.69, 9.17) is 26.4 Å². The second-order valence-corrected chi connectivity index (χ2v) is 0.492. The topological polar surface area (TPSA) is 169 Å². The first-order valence-electron chi connectivity index (χ1n) is 1.07. The molecule has 8 nitrogen and oxygen atoms in total. The molecule has 0 radical (unpaired) electrons. The van der Waals surface area contributed by atoms with Crippen molar-refractivity contribution in [2.45, 2.75) is 0 Å². The highest BCUT2D eigenvalue weighted by atomic mass is 32.1. The minimum absolute atomic E-state index is 0. The van der Waals surface area contributed by atoms with Crippen molar-refractivity contribution in [3.63, 3.8) is 0 Å². The van der Waals surface area contributed by atoms with Crippen LogP contribution in [0.1, 0.15) is 0 Å². The summed E-state index contributed by atoms with van der Waals surface area (Å²) < 4.78 is 33.2. The van der Waals surface area contributed by atoms with Crippen LogP contribution in [0.2, 0.25) is 0 Å². The molecule has 0 aliphatic carbocycles. The Hall–Kier alpha value is -1.06. The number of carbonyl (C=O) groups excluding carboxylic acids is 2. The summed E-state index contributed by atoms with van der Waals surface area (Å²) in [5, 5.41) is 0. The zero-order valence-electron chi connectivity index (χ0n) is 4.97. The van der Waals surface area contributed by atoms with Gasteiger partial charge in [-0.05, 0) is 0 Å². The Kier molecular flexibility index (Phi) is 443. The number of hydrogen-bond donors (Lipinski definition) is 1. The van der Waals surface area contributed by atoms with Crippen molar-refractivity contribution in [3.05, 3.63) is 0 Å². The van der Waals surface area contributed by atoms with Gasteiger partial charge in [0.15, 0.2) is 0 Å². The first-order valence-corrected chi connectivity index (χ1v) is 2.41. The summed E-state index contributed by atoms with van der Waals surface area (Å²) in [7, 11) is 0. The van der Waals surface area contributed by atoms with E-state index in [2.05, 4.69) is 0 Å². The molecule has 68 valence electrons. The van der Waals surface area contributed by atoms with Gasteiger partial charge in [-0.15, -0.1) is 0 Å². The Morgan fingerprint density at radius 2 is 0.818 bits per heavy atom. The van der Waals surface area contributed by atoms with Gasteiger partial charge in [-0.2, -0.15) is 26.4 Å². The van der Waals surface area contributed by atoms with E-state index in [0.717, 1.165) is 0 Å². The zero-order valence-corrected chi connectivity index (χ0v) is 6.61. The summed E-state index contributed by atoms with van der Waals surface area (Å²) in [5.41, 5.74) is 0. The van der Waals surface area contributed by atoms with Gasteiger partial charge in [-0.1, -0.05) is 0 Å². The molecule has 0 bridgehead atoms. The fraction of sp³-hybridized carbons (Fsp3) is 0. The Balaban J connectivity index is -0.0000000150. The lowest BCUT2D eigenvalue weighted by molar-refractivity contribution is -0.191. The normalized spacial score (nSPS) is 2.91. The van der Waals surface area contributed by atoms with Crippen molar-refractivity contribution in [1.29, 1.82) is 0 Å². The van der Waals surface area contributed by atoms with E-state index < -0.39 is 23.1 Å². The molecule has 0 rings (SSSR count). The van der Waals surface area contributed by atoms with Gasteiger partial charge in [0.2, 0.25) is 0 Å². The molecule has 0 aromatic rings. The van der Waals surface area contributed by atoms with E-state index >= 15 is 0 Å². The van der Waals surface area contributed by atoms with Crippen LogP contribution < -0.4 is 6.15 Å². The van der Waals surface area contributed by atoms with Crippen molar-refractivity contribution < 1.29 is 31.9 Å². The van der Waals surface area contributed by atoms with Crippen LogP contribution in [0, 0.1) is 0 Å². The van der Waals surface area contributed by atoms with Crippen LogP contribution in [0.25, 0.3) is 0 Å². The van der Waals surface area contributed by atoms with Crippen LogP contribution in [0.3, 0.4) is 0 Å².